The second-order valence-corrected chi connectivity index (χ2v) is 6.50. The van der Waals surface area contributed by atoms with Crippen molar-refractivity contribution in [2.24, 2.45) is 0 Å². The smallest absolute Gasteiger partial charge is 0.407 e. The third-order valence-corrected chi connectivity index (χ3v) is 4.40. The Labute approximate surface area is 156 Å². The summed E-state index contributed by atoms with van der Waals surface area (Å²) < 4.78 is 16.5. The molecule has 1 amide bonds. The number of H-pyrrole nitrogens is 1. The van der Waals surface area contributed by atoms with Crippen molar-refractivity contribution in [3.8, 4) is 11.5 Å². The molecule has 140 valence electrons. The van der Waals surface area contributed by atoms with E-state index in [1.807, 2.05) is 49.4 Å². The Hall–Kier alpha value is -3.22. The number of hydrogen-bond acceptors (Lipinski definition) is 5. The van der Waals surface area contributed by atoms with Crippen molar-refractivity contribution in [1.82, 2.24) is 15.5 Å². The van der Waals surface area contributed by atoms with Crippen LogP contribution in [0.1, 0.15) is 18.2 Å². The quantitative estimate of drug-likeness (QED) is 0.723. The number of benzene rings is 2. The second-order valence-electron chi connectivity index (χ2n) is 6.50. The van der Waals surface area contributed by atoms with Crippen molar-refractivity contribution in [3.63, 3.8) is 0 Å². The molecule has 0 bridgehead atoms. The van der Waals surface area contributed by atoms with Gasteiger partial charge in [-0.2, -0.15) is 5.10 Å². The van der Waals surface area contributed by atoms with E-state index in [1.165, 1.54) is 0 Å². The summed E-state index contributed by atoms with van der Waals surface area (Å²) in [5, 5.41) is 11.2. The molecule has 1 aliphatic heterocycles. The van der Waals surface area contributed by atoms with Crippen LogP contribution in [0.2, 0.25) is 0 Å². The van der Waals surface area contributed by atoms with Gasteiger partial charge in [-0.1, -0.05) is 30.3 Å². The lowest BCUT2D eigenvalue weighted by molar-refractivity contribution is 0.136. The van der Waals surface area contributed by atoms with E-state index in [2.05, 4.69) is 15.5 Å². The van der Waals surface area contributed by atoms with Gasteiger partial charge in [0, 0.05) is 23.5 Å². The van der Waals surface area contributed by atoms with E-state index < -0.39 is 6.09 Å². The van der Waals surface area contributed by atoms with Crippen LogP contribution in [-0.4, -0.2) is 35.5 Å². The average molecular weight is 367 g/mol. The maximum absolute atomic E-state index is 12.0. The first-order valence-electron chi connectivity index (χ1n) is 8.93. The van der Waals surface area contributed by atoms with Gasteiger partial charge in [-0.15, -0.1) is 0 Å². The lowest BCUT2D eigenvalue weighted by Crippen LogP contribution is -2.34. The van der Waals surface area contributed by atoms with Crippen LogP contribution in [-0.2, 0) is 17.8 Å². The Kier molecular flexibility index (Phi) is 4.82. The number of nitrogens with one attached hydrogen (secondary N) is 2. The highest BCUT2D eigenvalue weighted by Gasteiger charge is 2.20. The molecule has 1 aromatic heterocycles. The van der Waals surface area contributed by atoms with Crippen LogP contribution < -0.4 is 14.8 Å². The van der Waals surface area contributed by atoms with Gasteiger partial charge >= 0.3 is 6.09 Å². The lowest BCUT2D eigenvalue weighted by atomic mass is 10.1. The summed E-state index contributed by atoms with van der Waals surface area (Å²) in [6.45, 7) is 3.23. The first-order chi connectivity index (χ1) is 13.2. The second kappa shape index (κ2) is 7.57. The number of aromatic amines is 1. The largest absolute Gasteiger partial charge is 0.486 e. The van der Waals surface area contributed by atoms with Crippen LogP contribution in [0.4, 0.5) is 4.79 Å². The van der Waals surface area contributed by atoms with Crippen molar-refractivity contribution >= 4 is 17.0 Å². The molecule has 3 aromatic rings. The zero-order chi connectivity index (χ0) is 18.6. The number of nitrogens with zero attached hydrogens (tertiary/aromatic N) is 1. The standard InChI is InChI=1S/C20H21N3O4/c1-13(21-20(24)27-12-14-5-3-2-4-6-14)11-16-15-7-8-17-19(18(15)23-22-16)26-10-9-25-17/h2-8,13H,9-12H2,1H3,(H,21,24)(H,22,23)/t13-/m0/s1. The molecule has 0 saturated heterocycles. The molecule has 0 unspecified atom stereocenters. The first-order valence-corrected chi connectivity index (χ1v) is 8.93. The number of hydrogen-bond donors (Lipinski definition) is 2. The van der Waals surface area contributed by atoms with Gasteiger partial charge in [0.05, 0.1) is 0 Å². The monoisotopic (exact) mass is 367 g/mol. The topological polar surface area (TPSA) is 85.5 Å². The van der Waals surface area contributed by atoms with E-state index in [-0.39, 0.29) is 12.6 Å². The fourth-order valence-corrected chi connectivity index (χ4v) is 3.12. The van der Waals surface area contributed by atoms with Crippen molar-refractivity contribution in [2.45, 2.75) is 26.0 Å². The highest BCUT2D eigenvalue weighted by atomic mass is 16.6. The lowest BCUT2D eigenvalue weighted by Gasteiger charge is -2.18. The van der Waals surface area contributed by atoms with Gasteiger partial charge in [0.2, 0.25) is 0 Å². The number of carbonyl (C=O) groups is 1. The van der Waals surface area contributed by atoms with E-state index in [1.54, 1.807) is 0 Å². The summed E-state index contributed by atoms with van der Waals surface area (Å²) in [5.74, 6) is 1.38. The third-order valence-electron chi connectivity index (χ3n) is 4.40. The van der Waals surface area contributed by atoms with Crippen molar-refractivity contribution in [2.75, 3.05) is 13.2 Å². The van der Waals surface area contributed by atoms with Crippen molar-refractivity contribution < 1.29 is 19.0 Å². The van der Waals surface area contributed by atoms with Crippen LogP contribution in [0.5, 0.6) is 11.5 Å². The van der Waals surface area contributed by atoms with Crippen LogP contribution in [0, 0.1) is 0 Å². The first kappa shape index (κ1) is 17.2. The maximum Gasteiger partial charge on any atom is 0.407 e. The summed E-state index contributed by atoms with van der Waals surface area (Å²) in [5.41, 5.74) is 2.63. The SMILES string of the molecule is C[C@@H](Cc1[nH]nc2c3c(ccc12)OCCO3)NC(=O)OCc1ccccc1. The number of carbonyl (C=O) groups excluding carboxylic acids is 1. The van der Waals surface area contributed by atoms with Gasteiger partial charge in [0.1, 0.15) is 25.3 Å². The van der Waals surface area contributed by atoms with Crippen LogP contribution in [0.3, 0.4) is 0 Å². The van der Waals surface area contributed by atoms with Crippen LogP contribution >= 0.6 is 0 Å². The summed E-state index contributed by atoms with van der Waals surface area (Å²) >= 11 is 0. The normalized spacial score (nSPS) is 14.0. The Morgan fingerprint density at radius 1 is 1.22 bits per heavy atom. The molecule has 0 aliphatic carbocycles. The highest BCUT2D eigenvalue weighted by Crippen LogP contribution is 2.37. The molecule has 0 saturated carbocycles. The predicted octanol–water partition coefficient (Wildman–Crippen LogP) is 3.19. The Morgan fingerprint density at radius 3 is 2.89 bits per heavy atom. The van der Waals surface area contributed by atoms with E-state index in [0.717, 1.165) is 22.2 Å². The Balaban J connectivity index is 1.38. The molecule has 27 heavy (non-hydrogen) atoms. The molecule has 2 N–H and O–H groups in total. The van der Waals surface area contributed by atoms with E-state index in [0.29, 0.717) is 31.1 Å². The number of ether oxygens (including phenoxy) is 3. The van der Waals surface area contributed by atoms with Crippen LogP contribution in [0.15, 0.2) is 42.5 Å². The molecule has 0 spiro atoms. The van der Waals surface area contributed by atoms with Crippen LogP contribution in [0.25, 0.3) is 10.9 Å². The molecule has 2 aromatic carbocycles. The minimum absolute atomic E-state index is 0.120. The predicted molar refractivity (Wildman–Crippen MR) is 100 cm³/mol. The van der Waals surface area contributed by atoms with Crippen molar-refractivity contribution in [3.05, 3.63) is 53.7 Å². The average Bonchev–Trinajstić information content (AvgIpc) is 3.10. The molecule has 7 heteroatoms. The third kappa shape index (κ3) is 3.81. The minimum atomic E-state index is -0.440. The number of rotatable bonds is 5. The van der Waals surface area contributed by atoms with E-state index >= 15 is 0 Å². The molecule has 1 atom stereocenters. The molecular formula is C20H21N3O4. The van der Waals surface area contributed by atoms with Gasteiger partial charge in [0.25, 0.3) is 0 Å². The molecule has 1 aliphatic rings. The maximum atomic E-state index is 12.0. The van der Waals surface area contributed by atoms with Gasteiger partial charge in [-0.05, 0) is 24.6 Å². The summed E-state index contributed by atoms with van der Waals surface area (Å²) in [7, 11) is 0. The number of alkyl carbamates (subject to hydrolysis) is 1. The molecule has 2 heterocycles. The molecule has 4 rings (SSSR count). The summed E-state index contributed by atoms with van der Waals surface area (Å²) in [6.07, 6.45) is 0.153. The van der Waals surface area contributed by atoms with Gasteiger partial charge in [-0.3, -0.25) is 5.10 Å². The number of amides is 1. The highest BCUT2D eigenvalue weighted by molar-refractivity contribution is 5.89. The zero-order valence-electron chi connectivity index (χ0n) is 15.0. The fraction of sp³-hybridized carbons (Fsp3) is 0.300. The van der Waals surface area contributed by atoms with Gasteiger partial charge < -0.3 is 19.5 Å². The number of aromatic nitrogens is 2. The Bertz CT molecular complexity index is 939. The molecular weight excluding hydrogens is 346 g/mol. The van der Waals surface area contributed by atoms with E-state index in [4.69, 9.17) is 14.2 Å². The van der Waals surface area contributed by atoms with E-state index in [9.17, 15) is 4.79 Å². The number of fused-ring (bicyclic) bond motifs is 3. The molecule has 0 radical (unpaired) electrons. The zero-order valence-corrected chi connectivity index (χ0v) is 15.0. The Morgan fingerprint density at radius 2 is 2.04 bits per heavy atom. The summed E-state index contributed by atoms with van der Waals surface area (Å²) in [6, 6.07) is 13.3. The minimum Gasteiger partial charge on any atom is -0.486 e. The summed E-state index contributed by atoms with van der Waals surface area (Å²) in [4.78, 5) is 12.0. The molecule has 7 nitrogen and oxygen atoms in total. The fourth-order valence-electron chi connectivity index (χ4n) is 3.12. The van der Waals surface area contributed by atoms with Crippen molar-refractivity contribution in [1.29, 1.82) is 0 Å². The molecule has 0 fully saturated rings. The van der Waals surface area contributed by atoms with Gasteiger partial charge in [0.15, 0.2) is 11.5 Å². The van der Waals surface area contributed by atoms with Gasteiger partial charge in [-0.25, -0.2) is 4.79 Å².